The van der Waals surface area contributed by atoms with Crippen LogP contribution in [0.1, 0.15) is 96.9 Å². The van der Waals surface area contributed by atoms with Crippen molar-refractivity contribution in [2.75, 3.05) is 4.93 Å². The third-order valence-corrected chi connectivity index (χ3v) is 2.87. The summed E-state index contributed by atoms with van der Waals surface area (Å²) in [7, 11) is 0.628. The van der Waals surface area contributed by atoms with Gasteiger partial charge < -0.3 is 9.90 Å². The number of alkyl halides is 1. The zero-order chi connectivity index (χ0) is 28.9. The van der Waals surface area contributed by atoms with Crippen LogP contribution in [-0.4, -0.2) is 33.0 Å². The van der Waals surface area contributed by atoms with E-state index in [-0.39, 0.29) is 31.2 Å². The average molecular weight is 879 g/mol. The molecule has 0 unspecified atom stereocenters. The molecule has 0 aliphatic carbocycles. The number of Topliss-reactive ketones (excluding diaryl/α,β-unsaturated/α-hetero) is 3. The van der Waals surface area contributed by atoms with E-state index in [1.807, 2.05) is 81.2 Å². The SMILES string of the molecule is C.CC.CC.CC(=O)c1ccccc1.CC(C)(O)CC(=O)c1ccccc1.CC(C)=O.CI.[I][V][I]. The van der Waals surface area contributed by atoms with Crippen LogP contribution in [-0.2, 0) is 14.3 Å². The van der Waals surface area contributed by atoms with Crippen molar-refractivity contribution in [1.82, 2.24) is 0 Å². The molecule has 36 heavy (non-hydrogen) atoms. The Hall–Kier alpha value is 0.184. The summed E-state index contributed by atoms with van der Waals surface area (Å²) in [5.74, 6) is 0.267. The summed E-state index contributed by atoms with van der Waals surface area (Å²) in [5, 5.41) is 9.43. The number of ketones is 3. The second kappa shape index (κ2) is 37.3. The fourth-order valence-corrected chi connectivity index (χ4v) is 1.79. The molecule has 0 aliphatic rings. The summed E-state index contributed by atoms with van der Waals surface area (Å²) < 4.78 is 0. The van der Waals surface area contributed by atoms with Gasteiger partial charge in [0.25, 0.3) is 0 Å². The monoisotopic (exact) mass is 879 g/mol. The molecule has 0 saturated heterocycles. The normalized spacial score (nSPS) is 7.94. The molecule has 0 aliphatic heterocycles. The quantitative estimate of drug-likeness (QED) is 0.189. The van der Waals surface area contributed by atoms with Crippen molar-refractivity contribution in [1.29, 1.82) is 0 Å². The molecule has 0 radical (unpaired) electrons. The van der Waals surface area contributed by atoms with Crippen LogP contribution in [0.2, 0.25) is 0 Å². The van der Waals surface area contributed by atoms with Gasteiger partial charge in [0.15, 0.2) is 11.6 Å². The molecule has 0 heterocycles. The van der Waals surface area contributed by atoms with Crippen LogP contribution in [0.25, 0.3) is 0 Å². The van der Waals surface area contributed by atoms with E-state index in [0.717, 1.165) is 5.56 Å². The number of halogens is 3. The molecule has 0 fully saturated rings. The third kappa shape index (κ3) is 44.2. The molecule has 4 nitrogen and oxygen atoms in total. The topological polar surface area (TPSA) is 71.4 Å². The molecular weight excluding hydrogens is 832 g/mol. The zero-order valence-corrected chi connectivity index (χ0v) is 30.6. The number of hydrogen-bond acceptors (Lipinski definition) is 4. The summed E-state index contributed by atoms with van der Waals surface area (Å²) in [6.45, 7) is 15.9. The van der Waals surface area contributed by atoms with Crippen molar-refractivity contribution in [2.45, 2.75) is 81.8 Å². The van der Waals surface area contributed by atoms with Crippen molar-refractivity contribution in [3.05, 3.63) is 71.8 Å². The number of hydrogen-bond donors (Lipinski definition) is 1. The molecule has 0 bridgehead atoms. The van der Waals surface area contributed by atoms with Gasteiger partial charge in [0.05, 0.1) is 5.60 Å². The average Bonchev–Trinajstić information content (AvgIpc) is 2.84. The molecule has 2 rings (SSSR count). The van der Waals surface area contributed by atoms with E-state index in [0.29, 0.717) is 15.0 Å². The maximum atomic E-state index is 11.5. The van der Waals surface area contributed by atoms with Gasteiger partial charge in [-0.3, -0.25) is 9.59 Å². The first-order valence-corrected chi connectivity index (χ1v) is 22.3. The van der Waals surface area contributed by atoms with Gasteiger partial charge in [-0.05, 0) is 39.5 Å². The first-order chi connectivity index (χ1) is 16.4. The number of carbonyl (C=O) groups excluding carboxylic acids is 3. The molecule has 2 aromatic carbocycles. The van der Waals surface area contributed by atoms with Gasteiger partial charge in [-0.15, -0.1) is 0 Å². The standard InChI is InChI=1S/C11H14O2.C8H8O.C3H6O.2C2H6.CH3I.CH4.2HI.V/c1-11(2,13)8-10(12)9-6-4-3-5-7-9;1-7(9)8-5-3-2-4-6-8;1-3(2)4;3*1-2;;;;/h3-7,13H,8H2,1-2H3;2-6H,1H3;1-2H3;2*1-2H3;1H3;1H4;2*1H;/q;;;;;;;;;+2/p-2. The van der Waals surface area contributed by atoms with E-state index < -0.39 is 5.60 Å². The second-order valence-corrected chi connectivity index (χ2v) is 18.5. The predicted octanol–water partition coefficient (Wildman–Crippen LogP) is 10.0. The Labute approximate surface area is 264 Å². The Balaban J connectivity index is -0.0000000856. The van der Waals surface area contributed by atoms with E-state index in [1.54, 1.807) is 32.9 Å². The van der Waals surface area contributed by atoms with Gasteiger partial charge in [-0.25, -0.2) is 0 Å². The summed E-state index contributed by atoms with van der Waals surface area (Å²) in [6.07, 6.45) is 0.164. The molecule has 0 spiro atoms. The third-order valence-electron chi connectivity index (χ3n) is 2.87. The maximum absolute atomic E-state index is 11.5. The van der Waals surface area contributed by atoms with Crippen LogP contribution < -0.4 is 0 Å². The first-order valence-electron chi connectivity index (χ1n) is 11.1. The van der Waals surface area contributed by atoms with Crippen molar-refractivity contribution in [3.8, 4) is 0 Å². The van der Waals surface area contributed by atoms with Crippen molar-refractivity contribution < 1.29 is 29.0 Å². The first kappa shape index (κ1) is 49.2. The summed E-state index contributed by atoms with van der Waals surface area (Å²) in [5.41, 5.74) is 0.509. The molecule has 2 aromatic rings. The molecule has 1 N–H and O–H groups in total. The predicted molar refractivity (Wildman–Crippen MR) is 182 cm³/mol. The van der Waals surface area contributed by atoms with Gasteiger partial charge in [0.1, 0.15) is 5.78 Å². The van der Waals surface area contributed by atoms with E-state index in [4.69, 9.17) is 0 Å². The van der Waals surface area contributed by atoms with Crippen molar-refractivity contribution >= 4 is 79.9 Å². The van der Waals surface area contributed by atoms with Crippen LogP contribution in [0.15, 0.2) is 60.7 Å². The van der Waals surface area contributed by atoms with Crippen molar-refractivity contribution in [3.63, 3.8) is 0 Å². The zero-order valence-electron chi connectivity index (χ0n) is 22.7. The Morgan fingerprint density at radius 1 is 0.750 bits per heavy atom. The van der Waals surface area contributed by atoms with Crippen molar-refractivity contribution in [2.24, 2.45) is 0 Å². The van der Waals surface area contributed by atoms with Gasteiger partial charge in [-0.1, -0.05) is 118 Å². The van der Waals surface area contributed by atoms with Gasteiger partial charge >= 0.3 is 49.4 Å². The number of rotatable bonds is 4. The molecule has 8 heteroatoms. The minimum atomic E-state index is -0.924. The van der Waals surface area contributed by atoms with Crippen LogP contribution in [0.4, 0.5) is 0 Å². The van der Waals surface area contributed by atoms with Crippen LogP contribution >= 0.6 is 62.5 Å². The Morgan fingerprint density at radius 2 is 1.00 bits per heavy atom. The second-order valence-electron chi connectivity index (χ2n) is 6.67. The molecule has 0 amide bonds. The van der Waals surface area contributed by atoms with Gasteiger partial charge in [0, 0.05) is 17.5 Å². The van der Waals surface area contributed by atoms with Crippen LogP contribution in [0, 0.1) is 0 Å². The fraction of sp³-hybridized carbons (Fsp3) is 0.464. The Bertz CT molecular complexity index is 717. The summed E-state index contributed by atoms with van der Waals surface area (Å²) in [4.78, 5) is 33.6. The molecular formula is C28H47I3O4V. The van der Waals surface area contributed by atoms with E-state index in [1.165, 1.54) is 13.8 Å². The fourth-order valence-electron chi connectivity index (χ4n) is 1.79. The Kier molecular flexibility index (Phi) is 51.0. The van der Waals surface area contributed by atoms with Crippen LogP contribution in [0.3, 0.4) is 0 Å². The molecule has 0 saturated carbocycles. The number of aliphatic hydroxyl groups is 1. The number of carbonyl (C=O) groups is 3. The van der Waals surface area contributed by atoms with Gasteiger partial charge in [-0.2, -0.15) is 0 Å². The minimum absolute atomic E-state index is 0. The Morgan fingerprint density at radius 3 is 1.19 bits per heavy atom. The molecule has 0 aromatic heterocycles. The van der Waals surface area contributed by atoms with E-state index in [2.05, 4.69) is 62.5 Å². The van der Waals surface area contributed by atoms with E-state index in [9.17, 15) is 19.5 Å². The summed E-state index contributed by atoms with van der Waals surface area (Å²) in [6, 6.07) is 18.2. The van der Waals surface area contributed by atoms with Crippen LogP contribution in [0.5, 0.6) is 0 Å². The van der Waals surface area contributed by atoms with Gasteiger partial charge in [0.2, 0.25) is 0 Å². The number of benzene rings is 2. The molecule has 0 atom stereocenters. The summed E-state index contributed by atoms with van der Waals surface area (Å²) >= 11 is 6.89. The van der Waals surface area contributed by atoms with E-state index >= 15 is 0 Å². The molecule has 209 valence electrons.